The van der Waals surface area contributed by atoms with Gasteiger partial charge >= 0.3 is 0 Å². The molecule has 3 fully saturated rings. The Bertz CT molecular complexity index is 709. The average Bonchev–Trinajstić information content (AvgIpc) is 3.53. The second kappa shape index (κ2) is 12.1. The second-order valence-corrected chi connectivity index (χ2v) is 9.06. The van der Waals surface area contributed by atoms with Crippen LogP contribution in [0.15, 0.2) is 29.3 Å². The standard InChI is InChI=1S/C24H39N5O.HI/c1-3-25-24(27-20-13-15-28(18-20)21-8-4-5-9-21)26-16-19-12-14-29(17-19)22-10-6-7-11-23(22)30-2;/h6-7,10-11,19-21H,3-5,8-9,12-18H2,1-2H3,(H2,25,26,27);1H. The molecule has 174 valence electrons. The molecule has 7 heteroatoms. The maximum Gasteiger partial charge on any atom is 0.191 e. The summed E-state index contributed by atoms with van der Waals surface area (Å²) < 4.78 is 5.55. The van der Waals surface area contributed by atoms with Gasteiger partial charge < -0.3 is 20.3 Å². The van der Waals surface area contributed by atoms with E-state index in [1.54, 1.807) is 7.11 Å². The van der Waals surface area contributed by atoms with E-state index < -0.39 is 0 Å². The molecule has 0 radical (unpaired) electrons. The third kappa shape index (κ3) is 6.40. The SMILES string of the molecule is CCNC(=NCC1CCN(c2ccccc2OC)C1)NC1CCN(C2CCCC2)C1.I. The number of halogens is 1. The Hall–Kier alpha value is -1.22. The van der Waals surface area contributed by atoms with E-state index in [0.717, 1.165) is 43.9 Å². The minimum Gasteiger partial charge on any atom is -0.495 e. The van der Waals surface area contributed by atoms with Crippen molar-refractivity contribution in [2.45, 2.75) is 57.5 Å². The lowest BCUT2D eigenvalue weighted by Crippen LogP contribution is -2.45. The Morgan fingerprint density at radius 1 is 1.10 bits per heavy atom. The van der Waals surface area contributed by atoms with Crippen LogP contribution in [-0.4, -0.2) is 69.3 Å². The normalized spacial score (nSPS) is 25.0. The van der Waals surface area contributed by atoms with Gasteiger partial charge in [-0.15, -0.1) is 24.0 Å². The van der Waals surface area contributed by atoms with E-state index >= 15 is 0 Å². The summed E-state index contributed by atoms with van der Waals surface area (Å²) in [6, 6.07) is 9.68. The van der Waals surface area contributed by atoms with Crippen molar-refractivity contribution in [1.82, 2.24) is 15.5 Å². The second-order valence-electron chi connectivity index (χ2n) is 9.06. The monoisotopic (exact) mass is 541 g/mol. The lowest BCUT2D eigenvalue weighted by Gasteiger charge is -2.24. The molecule has 2 aliphatic heterocycles. The molecule has 1 aromatic carbocycles. The predicted octanol–water partition coefficient (Wildman–Crippen LogP) is 3.71. The van der Waals surface area contributed by atoms with Gasteiger partial charge in [-0.25, -0.2) is 0 Å². The van der Waals surface area contributed by atoms with Crippen molar-refractivity contribution in [3.63, 3.8) is 0 Å². The van der Waals surface area contributed by atoms with Crippen LogP contribution in [0.5, 0.6) is 5.75 Å². The Balaban J connectivity index is 0.00000272. The van der Waals surface area contributed by atoms with Crippen LogP contribution in [0.25, 0.3) is 0 Å². The summed E-state index contributed by atoms with van der Waals surface area (Å²) in [5.74, 6) is 2.54. The van der Waals surface area contributed by atoms with Crippen LogP contribution in [-0.2, 0) is 0 Å². The Morgan fingerprint density at radius 2 is 1.90 bits per heavy atom. The molecule has 2 saturated heterocycles. The number of nitrogens with one attached hydrogen (secondary N) is 2. The summed E-state index contributed by atoms with van der Waals surface area (Å²) in [6.45, 7) is 8.45. The van der Waals surface area contributed by atoms with Crippen molar-refractivity contribution in [2.75, 3.05) is 51.3 Å². The molecule has 2 unspecified atom stereocenters. The van der Waals surface area contributed by atoms with Crippen molar-refractivity contribution in [1.29, 1.82) is 0 Å². The molecule has 0 spiro atoms. The molecule has 31 heavy (non-hydrogen) atoms. The molecule has 1 aliphatic carbocycles. The minimum atomic E-state index is 0. The lowest BCUT2D eigenvalue weighted by molar-refractivity contribution is 0.242. The molecule has 0 aromatic heterocycles. The number of rotatable bonds is 7. The molecule has 6 nitrogen and oxygen atoms in total. The summed E-state index contributed by atoms with van der Waals surface area (Å²) in [7, 11) is 1.75. The van der Waals surface area contributed by atoms with Gasteiger partial charge in [-0.3, -0.25) is 9.89 Å². The van der Waals surface area contributed by atoms with Crippen molar-refractivity contribution >= 4 is 35.6 Å². The van der Waals surface area contributed by atoms with Crippen LogP contribution in [0.1, 0.15) is 45.4 Å². The Kier molecular flexibility index (Phi) is 9.56. The maximum atomic E-state index is 5.55. The van der Waals surface area contributed by atoms with Gasteiger partial charge in [-0.1, -0.05) is 25.0 Å². The van der Waals surface area contributed by atoms with Gasteiger partial charge in [0, 0.05) is 51.4 Å². The van der Waals surface area contributed by atoms with Crippen molar-refractivity contribution in [3.8, 4) is 5.75 Å². The fourth-order valence-electron chi connectivity index (χ4n) is 5.33. The van der Waals surface area contributed by atoms with Gasteiger partial charge in [0.15, 0.2) is 5.96 Å². The predicted molar refractivity (Wildman–Crippen MR) is 140 cm³/mol. The van der Waals surface area contributed by atoms with Gasteiger partial charge in [-0.05, 0) is 50.7 Å². The molecule has 0 amide bonds. The Labute approximate surface area is 205 Å². The number of methoxy groups -OCH3 is 1. The molecular formula is C24H40IN5O. The van der Waals surface area contributed by atoms with Gasteiger partial charge in [0.2, 0.25) is 0 Å². The Morgan fingerprint density at radius 3 is 2.68 bits per heavy atom. The molecule has 2 heterocycles. The zero-order chi connectivity index (χ0) is 20.8. The summed E-state index contributed by atoms with van der Waals surface area (Å²) in [5.41, 5.74) is 1.20. The van der Waals surface area contributed by atoms with Gasteiger partial charge in [-0.2, -0.15) is 0 Å². The first-order chi connectivity index (χ1) is 14.8. The first kappa shape index (κ1) is 24.4. The highest BCUT2D eigenvalue weighted by Gasteiger charge is 2.30. The van der Waals surface area contributed by atoms with E-state index in [0.29, 0.717) is 12.0 Å². The van der Waals surface area contributed by atoms with E-state index in [-0.39, 0.29) is 24.0 Å². The van der Waals surface area contributed by atoms with Crippen molar-refractivity contribution in [3.05, 3.63) is 24.3 Å². The van der Waals surface area contributed by atoms with Crippen LogP contribution in [0.2, 0.25) is 0 Å². The number of guanidine groups is 1. The van der Waals surface area contributed by atoms with Gasteiger partial charge in [0.05, 0.1) is 12.8 Å². The molecular weight excluding hydrogens is 501 g/mol. The van der Waals surface area contributed by atoms with E-state index in [1.165, 1.54) is 57.3 Å². The summed E-state index contributed by atoms with van der Waals surface area (Å²) in [6.07, 6.45) is 8.02. The van der Waals surface area contributed by atoms with Crippen LogP contribution in [0, 0.1) is 5.92 Å². The summed E-state index contributed by atoms with van der Waals surface area (Å²) in [4.78, 5) is 10.1. The number of hydrogen-bond acceptors (Lipinski definition) is 4. The maximum absolute atomic E-state index is 5.55. The smallest absolute Gasteiger partial charge is 0.191 e. The molecule has 0 bridgehead atoms. The molecule has 4 rings (SSSR count). The van der Waals surface area contributed by atoms with Crippen LogP contribution < -0.4 is 20.3 Å². The summed E-state index contributed by atoms with van der Waals surface area (Å²) >= 11 is 0. The first-order valence-electron chi connectivity index (χ1n) is 11.9. The highest BCUT2D eigenvalue weighted by molar-refractivity contribution is 14.0. The molecule has 2 N–H and O–H groups in total. The molecule has 2 atom stereocenters. The van der Waals surface area contributed by atoms with E-state index in [1.807, 2.05) is 12.1 Å². The number of aliphatic imine (C=N–C) groups is 1. The minimum absolute atomic E-state index is 0. The zero-order valence-electron chi connectivity index (χ0n) is 19.2. The van der Waals surface area contributed by atoms with E-state index in [2.05, 4.69) is 39.5 Å². The quantitative estimate of drug-likeness (QED) is 0.313. The van der Waals surface area contributed by atoms with Gasteiger partial charge in [0.1, 0.15) is 5.75 Å². The van der Waals surface area contributed by atoms with Crippen LogP contribution in [0.4, 0.5) is 5.69 Å². The molecule has 1 aromatic rings. The number of anilines is 1. The third-order valence-electron chi connectivity index (χ3n) is 6.97. The van der Waals surface area contributed by atoms with Crippen LogP contribution >= 0.6 is 24.0 Å². The topological polar surface area (TPSA) is 52.1 Å². The number of para-hydroxylation sites is 2. The van der Waals surface area contributed by atoms with Crippen molar-refractivity contribution < 1.29 is 4.74 Å². The van der Waals surface area contributed by atoms with Gasteiger partial charge in [0.25, 0.3) is 0 Å². The number of nitrogens with zero attached hydrogens (tertiary/aromatic N) is 3. The van der Waals surface area contributed by atoms with Crippen LogP contribution in [0.3, 0.4) is 0 Å². The number of benzene rings is 1. The lowest BCUT2D eigenvalue weighted by atomic mass is 10.1. The van der Waals surface area contributed by atoms with Crippen molar-refractivity contribution in [2.24, 2.45) is 10.9 Å². The molecule has 1 saturated carbocycles. The zero-order valence-corrected chi connectivity index (χ0v) is 21.5. The fraction of sp³-hybridized carbons (Fsp3) is 0.708. The third-order valence-corrected chi connectivity index (χ3v) is 6.97. The highest BCUT2D eigenvalue weighted by Crippen LogP contribution is 2.32. The highest BCUT2D eigenvalue weighted by atomic mass is 127. The molecule has 3 aliphatic rings. The first-order valence-corrected chi connectivity index (χ1v) is 11.9. The number of ether oxygens (including phenoxy) is 1. The number of hydrogen-bond donors (Lipinski definition) is 2. The summed E-state index contributed by atoms with van der Waals surface area (Å²) in [5, 5.41) is 7.18. The fourth-order valence-corrected chi connectivity index (χ4v) is 5.33. The number of likely N-dealkylation sites (tertiary alicyclic amines) is 1. The van der Waals surface area contributed by atoms with E-state index in [4.69, 9.17) is 9.73 Å². The average molecular weight is 542 g/mol. The largest absolute Gasteiger partial charge is 0.495 e. The van der Waals surface area contributed by atoms with E-state index in [9.17, 15) is 0 Å².